The van der Waals surface area contributed by atoms with Gasteiger partial charge in [-0.05, 0) is 38.8 Å². The Morgan fingerprint density at radius 2 is 1.43 bits per heavy atom. The third-order valence-corrected chi connectivity index (χ3v) is 4.03. The highest BCUT2D eigenvalue weighted by Gasteiger charge is 2.29. The van der Waals surface area contributed by atoms with Crippen LogP contribution in [-0.4, -0.2) is 19.8 Å². The monoisotopic (exact) mass is 392 g/mol. The molecule has 5 nitrogen and oxygen atoms in total. The van der Waals surface area contributed by atoms with Crippen LogP contribution in [0.4, 0.5) is 4.53 Å². The van der Waals surface area contributed by atoms with Gasteiger partial charge in [0.1, 0.15) is 5.75 Å². The average Bonchev–Trinajstić information content (AvgIpc) is 2.71. The van der Waals surface area contributed by atoms with Gasteiger partial charge in [-0.25, -0.2) is 0 Å². The summed E-state index contributed by atoms with van der Waals surface area (Å²) in [4.78, 5) is 4.20. The lowest BCUT2D eigenvalue weighted by molar-refractivity contribution is -0.0102. The molecule has 0 saturated carbocycles. The maximum Gasteiger partial charge on any atom is 0.225 e. The van der Waals surface area contributed by atoms with E-state index in [1.165, 1.54) is 0 Å². The van der Waals surface area contributed by atoms with Gasteiger partial charge in [-0.2, -0.15) is 0 Å². The van der Waals surface area contributed by atoms with Crippen LogP contribution in [0.25, 0.3) is 0 Å². The second-order valence-electron chi connectivity index (χ2n) is 6.25. The van der Waals surface area contributed by atoms with E-state index in [1.807, 2.05) is 32.0 Å². The minimum Gasteiger partial charge on any atom is -0.489 e. The molecule has 0 fully saturated rings. The molecule has 0 radical (unpaired) electrons. The summed E-state index contributed by atoms with van der Waals surface area (Å²) in [5.74, 6) is 1.68. The van der Waals surface area contributed by atoms with E-state index in [0.717, 1.165) is 19.3 Å². The second-order valence-corrected chi connectivity index (χ2v) is 6.25. The first-order chi connectivity index (χ1) is 13.7. The van der Waals surface area contributed by atoms with Crippen molar-refractivity contribution in [3.05, 3.63) is 35.9 Å². The molecule has 2 aromatic rings. The van der Waals surface area contributed by atoms with Crippen molar-refractivity contribution in [3.8, 4) is 34.5 Å². The van der Waals surface area contributed by atoms with Crippen molar-refractivity contribution in [2.24, 2.45) is 0 Å². The fourth-order valence-corrected chi connectivity index (χ4v) is 2.65. The number of unbranched alkanes of at least 4 members (excludes halogenated alkanes) is 1. The molecule has 2 rings (SSSR count). The molecule has 0 atom stereocenters. The molecule has 0 aromatic heterocycles. The van der Waals surface area contributed by atoms with E-state index < -0.39 is 0 Å². The first kappa shape index (κ1) is 21.7. The fraction of sp³-hybridized carbons (Fsp3) is 0.455. The Labute approximate surface area is 166 Å². The van der Waals surface area contributed by atoms with E-state index >= 15 is 0 Å². The number of rotatable bonds is 12. The summed E-state index contributed by atoms with van der Waals surface area (Å²) in [6, 6.07) is 9.08. The van der Waals surface area contributed by atoms with E-state index in [9.17, 15) is 4.53 Å². The van der Waals surface area contributed by atoms with Gasteiger partial charge in [0, 0.05) is 10.1 Å². The molecule has 0 heterocycles. The fourth-order valence-electron chi connectivity index (χ4n) is 2.65. The molecule has 0 aliphatic carbocycles. The Kier molecular flexibility index (Phi) is 8.72. The third-order valence-electron chi connectivity index (χ3n) is 4.03. The molecule has 0 unspecified atom stereocenters. The van der Waals surface area contributed by atoms with Gasteiger partial charge in [0.25, 0.3) is 0 Å². The zero-order valence-electron chi connectivity index (χ0n) is 17.0. The molecular weight excluding hydrogens is 363 g/mol. The maximum atomic E-state index is 13.6. The molecular formula is C22H29FO5. The average molecular weight is 392 g/mol. The van der Waals surface area contributed by atoms with E-state index in [0.29, 0.717) is 42.6 Å². The number of halogens is 1. The number of para-hydroxylation sites is 1. The topological polar surface area (TPSA) is 46.2 Å². The van der Waals surface area contributed by atoms with E-state index in [1.54, 1.807) is 19.1 Å². The number of ether oxygens (including phenoxy) is 4. The summed E-state index contributed by atoms with van der Waals surface area (Å²) in [6.07, 6.45) is 2.59. The van der Waals surface area contributed by atoms with Gasteiger partial charge in [0.15, 0.2) is 5.75 Å². The lowest BCUT2D eigenvalue weighted by Gasteiger charge is -2.22. The van der Waals surface area contributed by atoms with E-state index in [2.05, 4.69) is 11.9 Å². The summed E-state index contributed by atoms with van der Waals surface area (Å²) in [5, 5.41) is 0. The maximum absolute atomic E-state index is 13.6. The Hall–Kier alpha value is -2.63. The highest BCUT2D eigenvalue weighted by atomic mass is 19.3. The van der Waals surface area contributed by atoms with Crippen LogP contribution >= 0.6 is 0 Å². The Bertz CT molecular complexity index is 734. The van der Waals surface area contributed by atoms with Crippen molar-refractivity contribution < 1.29 is 28.4 Å². The van der Waals surface area contributed by atoms with Gasteiger partial charge in [-0.1, -0.05) is 38.5 Å². The van der Waals surface area contributed by atoms with Gasteiger partial charge < -0.3 is 18.9 Å². The predicted molar refractivity (Wildman–Crippen MR) is 107 cm³/mol. The number of hydrogen-bond donors (Lipinski definition) is 0. The molecule has 0 aliphatic rings. The Morgan fingerprint density at radius 3 is 2.04 bits per heavy atom. The third kappa shape index (κ3) is 5.21. The van der Waals surface area contributed by atoms with Crippen LogP contribution in [-0.2, 0) is 0 Å². The summed E-state index contributed by atoms with van der Waals surface area (Å²) in [6.45, 7) is 8.91. The standard InChI is InChI=1S/C22H29FO5/c1-5-8-15-26-21-20(25-14-6-2)18(24-7-3)16(4)19(28-23)22(21)27-17-12-10-9-11-13-17/h9-13H,5-8,14-15H2,1-4H3. The van der Waals surface area contributed by atoms with Crippen molar-refractivity contribution in [2.75, 3.05) is 19.8 Å². The van der Waals surface area contributed by atoms with Crippen LogP contribution in [0.3, 0.4) is 0 Å². The first-order valence-electron chi connectivity index (χ1n) is 9.78. The largest absolute Gasteiger partial charge is 0.489 e. The SMILES string of the molecule is CCCCOc1c(OCCC)c(OCC)c(C)c(OF)c1Oc1ccccc1. The highest BCUT2D eigenvalue weighted by Crippen LogP contribution is 2.55. The van der Waals surface area contributed by atoms with Crippen LogP contribution in [0.1, 0.15) is 45.6 Å². The first-order valence-corrected chi connectivity index (χ1v) is 9.78. The van der Waals surface area contributed by atoms with Crippen molar-refractivity contribution in [1.82, 2.24) is 0 Å². The molecule has 0 amide bonds. The molecule has 2 aromatic carbocycles. The molecule has 0 spiro atoms. The summed E-state index contributed by atoms with van der Waals surface area (Å²) in [7, 11) is 0. The van der Waals surface area contributed by atoms with Gasteiger partial charge in [0.05, 0.1) is 19.8 Å². The van der Waals surface area contributed by atoms with Gasteiger partial charge in [-0.15, -0.1) is 0 Å². The van der Waals surface area contributed by atoms with Crippen LogP contribution in [0.15, 0.2) is 30.3 Å². The molecule has 154 valence electrons. The lowest BCUT2D eigenvalue weighted by Crippen LogP contribution is -2.08. The van der Waals surface area contributed by atoms with E-state index in [4.69, 9.17) is 18.9 Å². The van der Waals surface area contributed by atoms with Crippen LogP contribution < -0.4 is 23.9 Å². The van der Waals surface area contributed by atoms with Gasteiger partial charge in [-0.3, -0.25) is 4.94 Å². The molecule has 0 aliphatic heterocycles. The number of benzene rings is 2. The minimum absolute atomic E-state index is 0.0809. The summed E-state index contributed by atoms with van der Waals surface area (Å²) >= 11 is 0. The van der Waals surface area contributed by atoms with Crippen molar-refractivity contribution >= 4 is 0 Å². The lowest BCUT2D eigenvalue weighted by atomic mass is 10.1. The minimum atomic E-state index is -0.0809. The quantitative estimate of drug-likeness (QED) is 0.390. The highest BCUT2D eigenvalue weighted by molar-refractivity contribution is 5.70. The van der Waals surface area contributed by atoms with Crippen molar-refractivity contribution in [2.45, 2.75) is 47.0 Å². The summed E-state index contributed by atoms with van der Waals surface area (Å²) < 4.78 is 37.3. The smallest absolute Gasteiger partial charge is 0.225 e. The van der Waals surface area contributed by atoms with Crippen molar-refractivity contribution in [1.29, 1.82) is 0 Å². The second kappa shape index (κ2) is 11.3. The predicted octanol–water partition coefficient (Wildman–Crippen LogP) is 6.42. The van der Waals surface area contributed by atoms with Gasteiger partial charge in [0.2, 0.25) is 23.0 Å². The Morgan fingerprint density at radius 1 is 0.750 bits per heavy atom. The normalized spacial score (nSPS) is 10.5. The van der Waals surface area contributed by atoms with Crippen LogP contribution in [0.5, 0.6) is 34.5 Å². The summed E-state index contributed by atoms with van der Waals surface area (Å²) in [5.41, 5.74) is 0.448. The number of hydrogen-bond acceptors (Lipinski definition) is 5. The van der Waals surface area contributed by atoms with Crippen LogP contribution in [0.2, 0.25) is 0 Å². The van der Waals surface area contributed by atoms with E-state index in [-0.39, 0.29) is 17.2 Å². The van der Waals surface area contributed by atoms with Gasteiger partial charge >= 0.3 is 0 Å². The molecule has 28 heavy (non-hydrogen) atoms. The zero-order chi connectivity index (χ0) is 20.4. The van der Waals surface area contributed by atoms with Crippen molar-refractivity contribution in [3.63, 3.8) is 0 Å². The Balaban J connectivity index is 2.64. The molecule has 0 saturated heterocycles. The molecule has 6 heteroatoms. The van der Waals surface area contributed by atoms with Crippen LogP contribution in [0, 0.1) is 6.92 Å². The molecule has 0 bridgehead atoms. The molecule has 0 N–H and O–H groups in total. The zero-order valence-corrected chi connectivity index (χ0v) is 17.0.